The number of thiocarbonyl (C=S) groups is 1. The van der Waals surface area contributed by atoms with Crippen LogP contribution in [0.25, 0.3) is 0 Å². The molecule has 0 aromatic heterocycles. The van der Waals surface area contributed by atoms with Crippen molar-refractivity contribution >= 4 is 39.0 Å². The van der Waals surface area contributed by atoms with E-state index in [0.29, 0.717) is 5.17 Å². The molecule has 1 aromatic rings. The van der Waals surface area contributed by atoms with E-state index in [1.165, 1.54) is 0 Å². The summed E-state index contributed by atoms with van der Waals surface area (Å²) in [6, 6.07) is 7.75. The smallest absolute Gasteiger partial charge is 0.261 e. The van der Waals surface area contributed by atoms with E-state index in [9.17, 15) is 0 Å². The van der Waals surface area contributed by atoms with E-state index in [4.69, 9.17) is 17.0 Å². The normalized spacial score (nSPS) is 10.0. The van der Waals surface area contributed by atoms with Gasteiger partial charge in [-0.25, -0.2) is 0 Å². The molecule has 0 atom stereocenters. The number of halogens is 1. The zero-order valence-corrected chi connectivity index (χ0v) is 10.5. The number of hydrogen-bond donors (Lipinski definition) is 1. The topological polar surface area (TPSA) is 21.3 Å². The minimum absolute atomic E-state index is 0.102. The Hall–Kier alpha value is -0.610. The Kier molecular flexibility index (Phi) is 4.35. The number of ether oxygens (including phenoxy) is 1. The molecule has 1 N–H and O–H groups in total. The third kappa shape index (κ3) is 4.07. The lowest BCUT2D eigenvalue weighted by Gasteiger charge is -2.12. The van der Waals surface area contributed by atoms with Gasteiger partial charge in [-0.1, -0.05) is 15.9 Å². The molecule has 0 bridgehead atoms. The van der Waals surface area contributed by atoms with Crippen molar-refractivity contribution in [2.75, 3.05) is 5.32 Å². The predicted octanol–water partition coefficient (Wildman–Crippen LogP) is 3.57. The summed E-state index contributed by atoms with van der Waals surface area (Å²) in [4.78, 5) is 0. The van der Waals surface area contributed by atoms with E-state index >= 15 is 0 Å². The van der Waals surface area contributed by atoms with E-state index in [1.807, 2.05) is 38.1 Å². The van der Waals surface area contributed by atoms with Gasteiger partial charge in [0.15, 0.2) is 0 Å². The molecule has 0 aliphatic carbocycles. The van der Waals surface area contributed by atoms with Crippen molar-refractivity contribution in [3.63, 3.8) is 0 Å². The summed E-state index contributed by atoms with van der Waals surface area (Å²) in [5, 5.41) is 3.39. The van der Waals surface area contributed by atoms with Gasteiger partial charge in [-0.2, -0.15) is 0 Å². The summed E-state index contributed by atoms with van der Waals surface area (Å²) in [7, 11) is 0. The summed E-state index contributed by atoms with van der Waals surface area (Å²) in [5.74, 6) is 0. The molecule has 76 valence electrons. The maximum Gasteiger partial charge on any atom is 0.261 e. The third-order valence-corrected chi connectivity index (χ3v) is 2.16. The average molecular weight is 274 g/mol. The molecule has 0 spiro atoms. The summed E-state index contributed by atoms with van der Waals surface area (Å²) in [5.41, 5.74) is 0.929. The number of benzene rings is 1. The number of hydrogen-bond acceptors (Lipinski definition) is 2. The Labute approximate surface area is 97.8 Å². The van der Waals surface area contributed by atoms with Gasteiger partial charge < -0.3 is 10.1 Å². The van der Waals surface area contributed by atoms with Crippen LogP contribution in [0.5, 0.6) is 0 Å². The van der Waals surface area contributed by atoms with Crippen LogP contribution in [-0.2, 0) is 4.74 Å². The molecular weight excluding hydrogens is 262 g/mol. The molecule has 0 aliphatic heterocycles. The highest BCUT2D eigenvalue weighted by molar-refractivity contribution is 9.10. The second-order valence-electron chi connectivity index (χ2n) is 3.09. The Morgan fingerprint density at radius 2 is 1.93 bits per heavy atom. The average Bonchev–Trinajstić information content (AvgIpc) is 2.07. The maximum absolute atomic E-state index is 5.29. The van der Waals surface area contributed by atoms with Crippen molar-refractivity contribution < 1.29 is 4.74 Å². The van der Waals surface area contributed by atoms with Crippen LogP contribution in [0.4, 0.5) is 5.69 Å². The minimum atomic E-state index is 0.102. The van der Waals surface area contributed by atoms with Crippen molar-refractivity contribution in [3.05, 3.63) is 28.7 Å². The van der Waals surface area contributed by atoms with Crippen molar-refractivity contribution in [2.24, 2.45) is 0 Å². The van der Waals surface area contributed by atoms with Crippen LogP contribution in [0.3, 0.4) is 0 Å². The molecule has 0 unspecified atom stereocenters. The predicted molar refractivity (Wildman–Crippen MR) is 66.6 cm³/mol. The fourth-order valence-corrected chi connectivity index (χ4v) is 1.47. The van der Waals surface area contributed by atoms with Crippen molar-refractivity contribution in [2.45, 2.75) is 20.0 Å². The summed E-state index contributed by atoms with van der Waals surface area (Å²) >= 11 is 8.36. The van der Waals surface area contributed by atoms with Crippen molar-refractivity contribution in [1.29, 1.82) is 0 Å². The fourth-order valence-electron chi connectivity index (χ4n) is 0.895. The quantitative estimate of drug-likeness (QED) is 0.833. The highest BCUT2D eigenvalue weighted by Gasteiger charge is 2.00. The molecule has 4 heteroatoms. The Morgan fingerprint density at radius 1 is 1.36 bits per heavy atom. The molecule has 0 aliphatic rings. The Balaban J connectivity index is 2.52. The third-order valence-electron chi connectivity index (χ3n) is 1.43. The SMILES string of the molecule is CC(C)OC(=S)Nc1ccc(Br)cc1. The first-order chi connectivity index (χ1) is 6.58. The van der Waals surface area contributed by atoms with Crippen LogP contribution < -0.4 is 5.32 Å². The van der Waals surface area contributed by atoms with E-state index in [-0.39, 0.29) is 6.10 Å². The second kappa shape index (κ2) is 5.32. The molecule has 0 saturated heterocycles. The van der Waals surface area contributed by atoms with Gasteiger partial charge >= 0.3 is 0 Å². The van der Waals surface area contributed by atoms with Crippen molar-refractivity contribution in [3.8, 4) is 0 Å². The van der Waals surface area contributed by atoms with Crippen LogP contribution in [0.2, 0.25) is 0 Å². The molecule has 1 aromatic carbocycles. The minimum Gasteiger partial charge on any atom is -0.468 e. The highest BCUT2D eigenvalue weighted by Crippen LogP contribution is 2.14. The number of rotatable bonds is 2. The largest absolute Gasteiger partial charge is 0.468 e. The maximum atomic E-state index is 5.29. The zero-order valence-electron chi connectivity index (χ0n) is 8.08. The monoisotopic (exact) mass is 273 g/mol. The fraction of sp³-hybridized carbons (Fsp3) is 0.300. The number of anilines is 1. The van der Waals surface area contributed by atoms with Crippen molar-refractivity contribution in [1.82, 2.24) is 0 Å². The zero-order chi connectivity index (χ0) is 10.6. The van der Waals surface area contributed by atoms with Gasteiger partial charge in [0.1, 0.15) is 0 Å². The summed E-state index contributed by atoms with van der Waals surface area (Å²) < 4.78 is 6.33. The van der Waals surface area contributed by atoms with Gasteiger partial charge in [0.25, 0.3) is 5.17 Å². The van der Waals surface area contributed by atoms with Gasteiger partial charge in [0, 0.05) is 10.2 Å². The van der Waals surface area contributed by atoms with E-state index in [0.717, 1.165) is 10.2 Å². The Morgan fingerprint density at radius 3 is 2.43 bits per heavy atom. The lowest BCUT2D eigenvalue weighted by atomic mass is 10.3. The summed E-state index contributed by atoms with van der Waals surface area (Å²) in [6.07, 6.45) is 0.102. The van der Waals surface area contributed by atoms with Gasteiger partial charge in [-0.05, 0) is 50.3 Å². The van der Waals surface area contributed by atoms with Gasteiger partial charge in [0.2, 0.25) is 0 Å². The molecule has 14 heavy (non-hydrogen) atoms. The summed E-state index contributed by atoms with van der Waals surface area (Å²) in [6.45, 7) is 3.88. The second-order valence-corrected chi connectivity index (χ2v) is 4.37. The highest BCUT2D eigenvalue weighted by atomic mass is 79.9. The standard InChI is InChI=1S/C10H12BrNOS/c1-7(2)13-10(14)12-9-5-3-8(11)4-6-9/h3-7H,1-2H3,(H,12,14). The molecule has 2 nitrogen and oxygen atoms in total. The molecular formula is C10H12BrNOS. The molecule has 0 saturated carbocycles. The van der Waals surface area contributed by atoms with Gasteiger partial charge in [0.05, 0.1) is 6.10 Å². The molecule has 0 fully saturated rings. The van der Waals surface area contributed by atoms with Crippen LogP contribution >= 0.6 is 28.1 Å². The van der Waals surface area contributed by atoms with Crippen LogP contribution in [0, 0.1) is 0 Å². The van der Waals surface area contributed by atoms with Crippen LogP contribution in [0.1, 0.15) is 13.8 Å². The first-order valence-electron chi connectivity index (χ1n) is 4.31. The van der Waals surface area contributed by atoms with E-state index < -0.39 is 0 Å². The molecule has 0 radical (unpaired) electrons. The van der Waals surface area contributed by atoms with Gasteiger partial charge in [-0.15, -0.1) is 0 Å². The van der Waals surface area contributed by atoms with Crippen LogP contribution in [0.15, 0.2) is 28.7 Å². The molecule has 1 rings (SSSR count). The molecule has 0 heterocycles. The lowest BCUT2D eigenvalue weighted by molar-refractivity contribution is 0.235. The van der Waals surface area contributed by atoms with Crippen LogP contribution in [-0.4, -0.2) is 11.3 Å². The molecule has 0 amide bonds. The lowest BCUT2D eigenvalue weighted by Crippen LogP contribution is -2.17. The van der Waals surface area contributed by atoms with E-state index in [1.54, 1.807) is 0 Å². The Bertz CT molecular complexity index is 310. The van der Waals surface area contributed by atoms with Gasteiger partial charge in [-0.3, -0.25) is 0 Å². The first-order valence-corrected chi connectivity index (χ1v) is 5.51. The first kappa shape index (κ1) is 11.5. The van der Waals surface area contributed by atoms with E-state index in [2.05, 4.69) is 21.2 Å². The number of nitrogens with one attached hydrogen (secondary N) is 1.